The minimum atomic E-state index is 0.00829. The number of nitrogens with two attached hydrogens (primary N) is 1. The first-order chi connectivity index (χ1) is 10.7. The SMILES string of the molecule is CCCO[C@@H]1C[C@@H](C(=O)NCCSc2cn[nH]n2)CC[C@H]1N. The smallest absolute Gasteiger partial charge is 0.223 e. The lowest BCUT2D eigenvalue weighted by Crippen LogP contribution is -2.46. The van der Waals surface area contributed by atoms with E-state index in [1.807, 2.05) is 0 Å². The Bertz CT molecular complexity index is 442. The summed E-state index contributed by atoms with van der Waals surface area (Å²) >= 11 is 1.56. The number of hydrogen-bond acceptors (Lipinski definition) is 6. The lowest BCUT2D eigenvalue weighted by atomic mass is 9.83. The van der Waals surface area contributed by atoms with Crippen molar-refractivity contribution in [2.45, 2.75) is 49.8 Å². The predicted molar refractivity (Wildman–Crippen MR) is 85.5 cm³/mol. The van der Waals surface area contributed by atoms with Crippen LogP contribution in [0.15, 0.2) is 11.2 Å². The third-order valence-corrected chi connectivity index (χ3v) is 4.69. The summed E-state index contributed by atoms with van der Waals surface area (Å²) in [5.41, 5.74) is 6.08. The molecule has 0 radical (unpaired) electrons. The molecule has 7 nitrogen and oxygen atoms in total. The molecule has 0 unspecified atom stereocenters. The van der Waals surface area contributed by atoms with Crippen LogP contribution >= 0.6 is 11.8 Å². The molecular formula is C14H25N5O2S. The first-order valence-corrected chi connectivity index (χ1v) is 8.82. The molecule has 124 valence electrons. The zero-order valence-corrected chi connectivity index (χ0v) is 13.8. The zero-order valence-electron chi connectivity index (χ0n) is 13.0. The topological polar surface area (TPSA) is 106 Å². The van der Waals surface area contributed by atoms with Crippen LogP contribution in [0.3, 0.4) is 0 Å². The Kier molecular flexibility index (Phi) is 7.14. The van der Waals surface area contributed by atoms with Gasteiger partial charge in [-0.15, -0.1) is 16.9 Å². The van der Waals surface area contributed by atoms with Crippen molar-refractivity contribution in [3.63, 3.8) is 0 Å². The summed E-state index contributed by atoms with van der Waals surface area (Å²) < 4.78 is 5.77. The van der Waals surface area contributed by atoms with Crippen LogP contribution in [0.4, 0.5) is 0 Å². The highest BCUT2D eigenvalue weighted by molar-refractivity contribution is 7.99. The van der Waals surface area contributed by atoms with Crippen LogP contribution in [0, 0.1) is 5.92 Å². The highest BCUT2D eigenvalue weighted by Crippen LogP contribution is 2.26. The van der Waals surface area contributed by atoms with E-state index in [2.05, 4.69) is 27.7 Å². The van der Waals surface area contributed by atoms with Crippen LogP contribution in [0.1, 0.15) is 32.6 Å². The second kappa shape index (κ2) is 9.12. The Balaban J connectivity index is 1.67. The Morgan fingerprint density at radius 3 is 3.18 bits per heavy atom. The van der Waals surface area contributed by atoms with E-state index in [9.17, 15) is 4.79 Å². The van der Waals surface area contributed by atoms with Gasteiger partial charge in [0.25, 0.3) is 0 Å². The number of rotatable bonds is 8. The number of ether oxygens (including phenoxy) is 1. The molecule has 1 saturated carbocycles. The van der Waals surface area contributed by atoms with Gasteiger partial charge in [-0.2, -0.15) is 10.3 Å². The van der Waals surface area contributed by atoms with Gasteiger partial charge in [-0.1, -0.05) is 6.92 Å². The molecule has 0 saturated heterocycles. The molecule has 1 aromatic rings. The Labute approximate surface area is 135 Å². The first kappa shape index (κ1) is 17.2. The van der Waals surface area contributed by atoms with Crippen molar-refractivity contribution in [1.29, 1.82) is 0 Å². The van der Waals surface area contributed by atoms with Gasteiger partial charge in [-0.05, 0) is 25.7 Å². The summed E-state index contributed by atoms with van der Waals surface area (Å²) in [4.78, 5) is 12.2. The van der Waals surface area contributed by atoms with Gasteiger partial charge in [0.15, 0.2) is 0 Å². The quantitative estimate of drug-likeness (QED) is 0.484. The van der Waals surface area contributed by atoms with Gasteiger partial charge in [0.05, 0.1) is 12.3 Å². The number of H-pyrrole nitrogens is 1. The van der Waals surface area contributed by atoms with E-state index in [1.165, 1.54) is 0 Å². The molecule has 3 atom stereocenters. The number of aromatic amines is 1. The summed E-state index contributed by atoms with van der Waals surface area (Å²) in [5, 5.41) is 14.1. The van der Waals surface area contributed by atoms with Crippen molar-refractivity contribution in [1.82, 2.24) is 20.7 Å². The average molecular weight is 327 g/mol. The van der Waals surface area contributed by atoms with Crippen molar-refractivity contribution >= 4 is 17.7 Å². The number of nitrogens with zero attached hydrogens (tertiary/aromatic N) is 2. The molecule has 1 aliphatic rings. The molecule has 4 N–H and O–H groups in total. The summed E-state index contributed by atoms with van der Waals surface area (Å²) in [6, 6.07) is 0.0540. The number of aromatic nitrogens is 3. The fourth-order valence-corrected chi connectivity index (χ4v) is 3.23. The third-order valence-electron chi connectivity index (χ3n) is 3.79. The number of nitrogens with one attached hydrogen (secondary N) is 2. The number of hydrogen-bond donors (Lipinski definition) is 3. The number of carbonyl (C=O) groups excluding carboxylic acids is 1. The van der Waals surface area contributed by atoms with Gasteiger partial charge < -0.3 is 15.8 Å². The highest BCUT2D eigenvalue weighted by Gasteiger charge is 2.32. The maximum Gasteiger partial charge on any atom is 0.223 e. The van der Waals surface area contributed by atoms with E-state index >= 15 is 0 Å². The molecule has 0 spiro atoms. The van der Waals surface area contributed by atoms with Crippen LogP contribution in [0.25, 0.3) is 0 Å². The molecule has 0 aliphatic heterocycles. The number of amides is 1. The largest absolute Gasteiger partial charge is 0.377 e. The summed E-state index contributed by atoms with van der Waals surface area (Å²) in [6.45, 7) is 3.41. The maximum absolute atomic E-state index is 12.2. The van der Waals surface area contributed by atoms with E-state index in [0.29, 0.717) is 13.2 Å². The summed E-state index contributed by atoms with van der Waals surface area (Å²) in [6.07, 6.45) is 5.07. The summed E-state index contributed by atoms with van der Waals surface area (Å²) in [7, 11) is 0. The second-order valence-electron chi connectivity index (χ2n) is 5.53. The maximum atomic E-state index is 12.2. The van der Waals surface area contributed by atoms with Gasteiger partial charge in [0.1, 0.15) is 5.03 Å². The van der Waals surface area contributed by atoms with Crippen LogP contribution in [0.5, 0.6) is 0 Å². The fourth-order valence-electron chi connectivity index (χ4n) is 2.59. The number of thioether (sulfide) groups is 1. The van der Waals surface area contributed by atoms with E-state index in [1.54, 1.807) is 18.0 Å². The lowest BCUT2D eigenvalue weighted by molar-refractivity contribution is -0.128. The van der Waals surface area contributed by atoms with Crippen LogP contribution in [-0.2, 0) is 9.53 Å². The van der Waals surface area contributed by atoms with Crippen molar-refractivity contribution in [2.75, 3.05) is 18.9 Å². The minimum Gasteiger partial charge on any atom is -0.377 e. The van der Waals surface area contributed by atoms with E-state index in [-0.39, 0.29) is 24.0 Å². The Morgan fingerprint density at radius 1 is 1.59 bits per heavy atom. The van der Waals surface area contributed by atoms with Crippen LogP contribution < -0.4 is 11.1 Å². The molecule has 0 bridgehead atoms. The average Bonchev–Trinajstić information content (AvgIpc) is 3.04. The number of carbonyl (C=O) groups is 1. The van der Waals surface area contributed by atoms with Gasteiger partial charge in [0.2, 0.25) is 5.91 Å². The van der Waals surface area contributed by atoms with Gasteiger partial charge in [-0.25, -0.2) is 0 Å². The van der Waals surface area contributed by atoms with Crippen molar-refractivity contribution in [3.8, 4) is 0 Å². The molecule has 1 fully saturated rings. The van der Waals surface area contributed by atoms with E-state index in [0.717, 1.165) is 36.5 Å². The highest BCUT2D eigenvalue weighted by atomic mass is 32.2. The van der Waals surface area contributed by atoms with Gasteiger partial charge in [0, 0.05) is 30.9 Å². The van der Waals surface area contributed by atoms with E-state index < -0.39 is 0 Å². The molecule has 1 amide bonds. The minimum absolute atomic E-state index is 0.00829. The molecule has 2 rings (SSSR count). The molecule has 0 aromatic carbocycles. The zero-order chi connectivity index (χ0) is 15.8. The van der Waals surface area contributed by atoms with Crippen LogP contribution in [0.2, 0.25) is 0 Å². The molecule has 22 heavy (non-hydrogen) atoms. The Morgan fingerprint density at radius 2 is 2.45 bits per heavy atom. The fraction of sp³-hybridized carbons (Fsp3) is 0.786. The molecular weight excluding hydrogens is 302 g/mol. The normalized spacial score (nSPS) is 25.1. The molecule has 1 aliphatic carbocycles. The van der Waals surface area contributed by atoms with E-state index in [4.69, 9.17) is 10.5 Å². The summed E-state index contributed by atoms with van der Waals surface area (Å²) in [5.74, 6) is 0.900. The standard InChI is InChI=1S/C14H25N5O2S/c1-2-6-21-12-8-10(3-4-11(12)15)14(20)16-5-7-22-13-9-17-19-18-13/h9-12H,2-8,15H2,1H3,(H,16,20)(H,17,18,19)/t10-,11+,12+/m0/s1. The monoisotopic (exact) mass is 327 g/mol. The third kappa shape index (κ3) is 5.26. The Hall–Kier alpha value is -1.12. The van der Waals surface area contributed by atoms with Crippen molar-refractivity contribution in [2.24, 2.45) is 11.7 Å². The molecule has 1 heterocycles. The van der Waals surface area contributed by atoms with Gasteiger partial charge in [-0.3, -0.25) is 4.79 Å². The van der Waals surface area contributed by atoms with Crippen molar-refractivity contribution in [3.05, 3.63) is 6.20 Å². The molecule has 8 heteroatoms. The van der Waals surface area contributed by atoms with Crippen molar-refractivity contribution < 1.29 is 9.53 Å². The second-order valence-corrected chi connectivity index (χ2v) is 6.65. The first-order valence-electron chi connectivity index (χ1n) is 7.84. The lowest BCUT2D eigenvalue weighted by Gasteiger charge is -2.33. The predicted octanol–water partition coefficient (Wildman–Crippen LogP) is 0.936. The van der Waals surface area contributed by atoms with Crippen LogP contribution in [-0.4, -0.2) is 52.4 Å². The molecule has 1 aromatic heterocycles. The van der Waals surface area contributed by atoms with Gasteiger partial charge >= 0.3 is 0 Å².